The van der Waals surface area contributed by atoms with Gasteiger partial charge in [0.2, 0.25) is 11.9 Å². The molecule has 0 aliphatic rings. The normalized spacial score (nSPS) is 10.3. The van der Waals surface area contributed by atoms with Crippen molar-refractivity contribution < 1.29 is 4.74 Å². The van der Waals surface area contributed by atoms with Gasteiger partial charge in [0.15, 0.2) is 0 Å². The molecule has 1 aromatic carbocycles. The summed E-state index contributed by atoms with van der Waals surface area (Å²) in [7, 11) is 1.53. The Labute approximate surface area is 132 Å². The van der Waals surface area contributed by atoms with Gasteiger partial charge in [-0.05, 0) is 37.1 Å². The monoisotopic (exact) mass is 351 g/mol. The molecule has 0 bridgehead atoms. The molecule has 2 N–H and O–H groups in total. The molecule has 7 heteroatoms. The van der Waals surface area contributed by atoms with E-state index >= 15 is 0 Å². The maximum Gasteiger partial charge on any atom is 0.322 e. The second kappa shape index (κ2) is 7.21. The predicted octanol–water partition coefficient (Wildman–Crippen LogP) is 3.38. The highest BCUT2D eigenvalue weighted by atomic mass is 79.9. The minimum absolute atomic E-state index is 0.276. The summed E-state index contributed by atoms with van der Waals surface area (Å²) in [5.74, 6) is 0.942. The van der Waals surface area contributed by atoms with Gasteiger partial charge >= 0.3 is 6.01 Å². The van der Waals surface area contributed by atoms with Crippen LogP contribution in [-0.4, -0.2) is 28.6 Å². The number of methoxy groups -OCH3 is 1. The Kier molecular flexibility index (Phi) is 5.32. The molecule has 2 rings (SSSR count). The first kappa shape index (κ1) is 15.5. The minimum atomic E-state index is 0.276. The number of aromatic nitrogens is 3. The van der Waals surface area contributed by atoms with Gasteiger partial charge in [-0.1, -0.05) is 22.9 Å². The number of benzene rings is 1. The molecule has 0 radical (unpaired) electrons. The van der Waals surface area contributed by atoms with Crippen molar-refractivity contribution in [2.75, 3.05) is 24.3 Å². The lowest BCUT2D eigenvalue weighted by Crippen LogP contribution is -2.08. The van der Waals surface area contributed by atoms with Crippen LogP contribution in [0.5, 0.6) is 6.01 Å². The number of aryl methyl sites for hydroxylation is 1. The average Bonchev–Trinajstić information content (AvgIpc) is 2.49. The number of halogens is 1. The third-order valence-corrected chi connectivity index (χ3v) is 3.32. The molecule has 112 valence electrons. The summed E-state index contributed by atoms with van der Waals surface area (Å²) in [5.41, 5.74) is 2.14. The number of anilines is 3. The third kappa shape index (κ3) is 4.04. The standard InChI is InChI=1S/C14H18BrN5O/c1-4-9-8-10(15)6-7-11(9)17-13-18-12(16-5-2)19-14(20-13)21-3/h6-8H,4-5H2,1-3H3,(H2,16,17,18,19,20). The van der Waals surface area contributed by atoms with Crippen molar-refractivity contribution in [3.05, 3.63) is 28.2 Å². The van der Waals surface area contributed by atoms with Crippen LogP contribution in [0.15, 0.2) is 22.7 Å². The van der Waals surface area contributed by atoms with E-state index in [2.05, 4.69) is 54.5 Å². The van der Waals surface area contributed by atoms with Crippen LogP contribution in [0.4, 0.5) is 17.6 Å². The summed E-state index contributed by atoms with van der Waals surface area (Å²) in [6, 6.07) is 6.32. The quantitative estimate of drug-likeness (QED) is 0.831. The first-order valence-corrected chi connectivity index (χ1v) is 7.55. The van der Waals surface area contributed by atoms with Crippen molar-refractivity contribution in [3.63, 3.8) is 0 Å². The fraction of sp³-hybridized carbons (Fsp3) is 0.357. The highest BCUT2D eigenvalue weighted by molar-refractivity contribution is 9.10. The molecule has 1 aromatic heterocycles. The molecule has 21 heavy (non-hydrogen) atoms. The van der Waals surface area contributed by atoms with Crippen molar-refractivity contribution >= 4 is 33.5 Å². The highest BCUT2D eigenvalue weighted by Gasteiger charge is 2.08. The van der Waals surface area contributed by atoms with Gasteiger partial charge in [-0.2, -0.15) is 15.0 Å². The van der Waals surface area contributed by atoms with Gasteiger partial charge in [-0.15, -0.1) is 0 Å². The molecule has 1 heterocycles. The van der Waals surface area contributed by atoms with Crippen molar-refractivity contribution in [2.24, 2.45) is 0 Å². The van der Waals surface area contributed by atoms with Crippen LogP contribution in [0, 0.1) is 0 Å². The molecular formula is C14H18BrN5O. The number of hydrogen-bond acceptors (Lipinski definition) is 6. The smallest absolute Gasteiger partial charge is 0.322 e. The number of ether oxygens (including phenoxy) is 1. The van der Waals surface area contributed by atoms with Crippen molar-refractivity contribution in [1.29, 1.82) is 0 Å². The van der Waals surface area contributed by atoms with E-state index in [-0.39, 0.29) is 6.01 Å². The summed E-state index contributed by atoms with van der Waals surface area (Å²) in [5, 5.41) is 6.28. The summed E-state index contributed by atoms with van der Waals surface area (Å²) >= 11 is 3.48. The number of nitrogens with zero attached hydrogens (tertiary/aromatic N) is 3. The Morgan fingerprint density at radius 1 is 1.14 bits per heavy atom. The third-order valence-electron chi connectivity index (χ3n) is 2.83. The van der Waals surface area contributed by atoms with E-state index in [1.165, 1.54) is 12.7 Å². The van der Waals surface area contributed by atoms with Crippen LogP contribution in [0.25, 0.3) is 0 Å². The van der Waals surface area contributed by atoms with E-state index in [1.54, 1.807) is 0 Å². The molecule has 6 nitrogen and oxygen atoms in total. The Morgan fingerprint density at radius 3 is 2.57 bits per heavy atom. The van der Waals surface area contributed by atoms with Gasteiger partial charge in [-0.25, -0.2) is 0 Å². The molecule has 0 aliphatic heterocycles. The van der Waals surface area contributed by atoms with Gasteiger partial charge in [0, 0.05) is 16.7 Å². The van der Waals surface area contributed by atoms with E-state index in [0.717, 1.165) is 23.1 Å². The highest BCUT2D eigenvalue weighted by Crippen LogP contribution is 2.24. The summed E-state index contributed by atoms with van der Waals surface area (Å²) in [4.78, 5) is 12.7. The van der Waals surface area contributed by atoms with Crippen LogP contribution >= 0.6 is 15.9 Å². The zero-order valence-electron chi connectivity index (χ0n) is 12.3. The van der Waals surface area contributed by atoms with Crippen LogP contribution in [0.2, 0.25) is 0 Å². The van der Waals surface area contributed by atoms with Crippen molar-refractivity contribution in [1.82, 2.24) is 15.0 Å². The summed E-state index contributed by atoms with van der Waals surface area (Å²) < 4.78 is 6.15. The fourth-order valence-corrected chi connectivity index (χ4v) is 2.25. The minimum Gasteiger partial charge on any atom is -0.467 e. The lowest BCUT2D eigenvalue weighted by molar-refractivity contribution is 0.379. The lowest BCUT2D eigenvalue weighted by atomic mass is 10.1. The van der Waals surface area contributed by atoms with E-state index in [1.807, 2.05) is 19.1 Å². The van der Waals surface area contributed by atoms with Gasteiger partial charge < -0.3 is 15.4 Å². The van der Waals surface area contributed by atoms with E-state index in [9.17, 15) is 0 Å². The van der Waals surface area contributed by atoms with Gasteiger partial charge in [0.05, 0.1) is 7.11 Å². The second-order valence-corrected chi connectivity index (χ2v) is 5.20. The Morgan fingerprint density at radius 2 is 1.90 bits per heavy atom. The zero-order valence-corrected chi connectivity index (χ0v) is 13.9. The zero-order chi connectivity index (χ0) is 15.2. The second-order valence-electron chi connectivity index (χ2n) is 4.28. The van der Waals surface area contributed by atoms with Crippen LogP contribution in [0.1, 0.15) is 19.4 Å². The molecule has 0 atom stereocenters. The van der Waals surface area contributed by atoms with E-state index in [4.69, 9.17) is 4.74 Å². The van der Waals surface area contributed by atoms with Gasteiger partial charge in [0.1, 0.15) is 0 Å². The lowest BCUT2D eigenvalue weighted by Gasteiger charge is -2.12. The molecule has 0 fully saturated rings. The van der Waals surface area contributed by atoms with E-state index < -0.39 is 0 Å². The first-order chi connectivity index (χ1) is 10.2. The number of rotatable bonds is 6. The summed E-state index contributed by atoms with van der Waals surface area (Å²) in [6.45, 7) is 4.81. The van der Waals surface area contributed by atoms with Crippen LogP contribution < -0.4 is 15.4 Å². The Bertz CT molecular complexity index is 620. The SMILES string of the molecule is CCNc1nc(Nc2ccc(Br)cc2CC)nc(OC)n1. The number of hydrogen-bond donors (Lipinski definition) is 2. The molecule has 0 saturated heterocycles. The average molecular weight is 352 g/mol. The maximum absolute atomic E-state index is 5.11. The molecular weight excluding hydrogens is 334 g/mol. The summed E-state index contributed by atoms with van der Waals surface area (Å²) in [6.07, 6.45) is 0.907. The van der Waals surface area contributed by atoms with Crippen LogP contribution in [0.3, 0.4) is 0 Å². The Balaban J connectivity index is 2.32. The van der Waals surface area contributed by atoms with Gasteiger partial charge in [0.25, 0.3) is 0 Å². The number of nitrogens with one attached hydrogen (secondary N) is 2. The van der Waals surface area contributed by atoms with Crippen molar-refractivity contribution in [3.8, 4) is 6.01 Å². The predicted molar refractivity (Wildman–Crippen MR) is 87.3 cm³/mol. The molecule has 0 aliphatic carbocycles. The molecule has 0 saturated carbocycles. The largest absolute Gasteiger partial charge is 0.467 e. The molecule has 0 spiro atoms. The molecule has 0 amide bonds. The maximum atomic E-state index is 5.11. The first-order valence-electron chi connectivity index (χ1n) is 6.75. The van der Waals surface area contributed by atoms with E-state index in [0.29, 0.717) is 11.9 Å². The Hall–Kier alpha value is -1.89. The molecule has 0 unspecified atom stereocenters. The topological polar surface area (TPSA) is 72.0 Å². The fourth-order valence-electron chi connectivity index (χ4n) is 1.84. The molecule has 2 aromatic rings. The van der Waals surface area contributed by atoms with Crippen LogP contribution in [-0.2, 0) is 6.42 Å². The van der Waals surface area contributed by atoms with Gasteiger partial charge in [-0.3, -0.25) is 0 Å². The van der Waals surface area contributed by atoms with Crippen molar-refractivity contribution in [2.45, 2.75) is 20.3 Å².